The minimum atomic E-state index is -1.11. The van der Waals surface area contributed by atoms with E-state index in [1.54, 1.807) is 4.90 Å². The highest BCUT2D eigenvalue weighted by atomic mass is 19.2. The molecular formula is C20H20F2N2O3. The number of rotatable bonds is 5. The average molecular weight is 374 g/mol. The molecule has 1 N–H and O–H groups in total. The Kier molecular flexibility index (Phi) is 6.13. The molecule has 0 aliphatic carbocycles. The summed E-state index contributed by atoms with van der Waals surface area (Å²) < 4.78 is 31.8. The van der Waals surface area contributed by atoms with E-state index in [0.29, 0.717) is 32.7 Å². The van der Waals surface area contributed by atoms with Crippen LogP contribution < -0.4 is 5.32 Å². The zero-order chi connectivity index (χ0) is 19.2. The molecule has 0 saturated carbocycles. The zero-order valence-electron chi connectivity index (χ0n) is 14.7. The third-order valence-electron chi connectivity index (χ3n) is 4.39. The van der Waals surface area contributed by atoms with Gasteiger partial charge in [-0.3, -0.25) is 9.59 Å². The molecule has 1 saturated heterocycles. The number of benzene rings is 2. The molecular weight excluding hydrogens is 354 g/mol. The van der Waals surface area contributed by atoms with Crippen molar-refractivity contribution in [3.63, 3.8) is 0 Å². The third-order valence-corrected chi connectivity index (χ3v) is 4.39. The Hall–Kier alpha value is -2.80. The Balaban J connectivity index is 1.78. The lowest BCUT2D eigenvalue weighted by molar-refractivity contribution is -0.137. The molecule has 5 nitrogen and oxygen atoms in total. The van der Waals surface area contributed by atoms with E-state index in [-0.39, 0.29) is 11.5 Å². The van der Waals surface area contributed by atoms with E-state index in [1.165, 1.54) is 6.07 Å². The summed E-state index contributed by atoms with van der Waals surface area (Å²) in [6, 6.07) is 11.4. The number of carbonyl (C=O) groups excluding carboxylic acids is 2. The first-order valence-corrected chi connectivity index (χ1v) is 8.71. The molecule has 1 fully saturated rings. The summed E-state index contributed by atoms with van der Waals surface area (Å²) in [6.07, 6.45) is 0.298. The first-order valence-electron chi connectivity index (χ1n) is 8.71. The quantitative estimate of drug-likeness (QED) is 0.873. The van der Waals surface area contributed by atoms with Crippen molar-refractivity contribution in [3.8, 4) is 0 Å². The third kappa shape index (κ3) is 4.89. The van der Waals surface area contributed by atoms with Gasteiger partial charge in [-0.1, -0.05) is 30.3 Å². The van der Waals surface area contributed by atoms with Crippen LogP contribution in [0.1, 0.15) is 15.9 Å². The minimum absolute atomic E-state index is 0.0401. The molecule has 3 rings (SSSR count). The van der Waals surface area contributed by atoms with E-state index in [2.05, 4.69) is 5.32 Å². The van der Waals surface area contributed by atoms with E-state index in [4.69, 9.17) is 4.74 Å². The van der Waals surface area contributed by atoms with Gasteiger partial charge in [0.05, 0.1) is 13.2 Å². The Morgan fingerprint density at radius 2 is 1.74 bits per heavy atom. The lowest BCUT2D eigenvalue weighted by Gasteiger charge is -2.31. The highest BCUT2D eigenvalue weighted by Crippen LogP contribution is 2.12. The maximum Gasteiger partial charge on any atom is 0.252 e. The van der Waals surface area contributed by atoms with Gasteiger partial charge >= 0.3 is 0 Å². The summed E-state index contributed by atoms with van der Waals surface area (Å²) in [7, 11) is 0. The van der Waals surface area contributed by atoms with Crippen LogP contribution in [-0.4, -0.2) is 49.1 Å². The number of morpholine rings is 1. The Labute approximate surface area is 155 Å². The van der Waals surface area contributed by atoms with E-state index in [9.17, 15) is 18.4 Å². The van der Waals surface area contributed by atoms with Gasteiger partial charge in [0.15, 0.2) is 11.6 Å². The van der Waals surface area contributed by atoms with Crippen LogP contribution in [0.3, 0.4) is 0 Å². The van der Waals surface area contributed by atoms with Crippen LogP contribution in [-0.2, 0) is 16.0 Å². The van der Waals surface area contributed by atoms with Gasteiger partial charge in [-0.15, -0.1) is 0 Å². The maximum absolute atomic E-state index is 13.4. The van der Waals surface area contributed by atoms with Crippen LogP contribution in [0.5, 0.6) is 0 Å². The fraction of sp³-hybridized carbons (Fsp3) is 0.300. The molecule has 0 unspecified atom stereocenters. The SMILES string of the molecule is O=C(N[C@@H](Cc1ccccc1)C(=O)N1CCOCC1)c1ccc(F)c(F)c1. The van der Waals surface area contributed by atoms with Crippen LogP contribution in [0, 0.1) is 11.6 Å². The number of halogens is 2. The van der Waals surface area contributed by atoms with Crippen molar-refractivity contribution in [2.75, 3.05) is 26.3 Å². The van der Waals surface area contributed by atoms with Crippen LogP contribution in [0.25, 0.3) is 0 Å². The zero-order valence-corrected chi connectivity index (χ0v) is 14.7. The number of amides is 2. The normalized spacial score (nSPS) is 15.3. The maximum atomic E-state index is 13.4. The molecule has 1 aliphatic heterocycles. The predicted molar refractivity (Wildman–Crippen MR) is 95.2 cm³/mol. The van der Waals surface area contributed by atoms with Crippen molar-refractivity contribution in [2.45, 2.75) is 12.5 Å². The molecule has 0 aromatic heterocycles. The van der Waals surface area contributed by atoms with Gasteiger partial charge in [-0.25, -0.2) is 8.78 Å². The summed E-state index contributed by atoms with van der Waals surface area (Å²) in [4.78, 5) is 27.1. The lowest BCUT2D eigenvalue weighted by atomic mass is 10.0. The number of nitrogens with one attached hydrogen (secondary N) is 1. The smallest absolute Gasteiger partial charge is 0.252 e. The van der Waals surface area contributed by atoms with Crippen molar-refractivity contribution < 1.29 is 23.1 Å². The Morgan fingerprint density at radius 3 is 2.41 bits per heavy atom. The standard InChI is InChI=1S/C20H20F2N2O3/c21-16-7-6-15(13-17(16)22)19(25)23-18(12-14-4-2-1-3-5-14)20(26)24-8-10-27-11-9-24/h1-7,13,18H,8-12H2,(H,23,25)/t18-/m0/s1. The molecule has 0 bridgehead atoms. The summed E-state index contributed by atoms with van der Waals surface area (Å²) in [5.74, 6) is -2.99. The second-order valence-electron chi connectivity index (χ2n) is 6.28. The van der Waals surface area contributed by atoms with E-state index < -0.39 is 23.6 Å². The van der Waals surface area contributed by atoms with Crippen LogP contribution in [0.15, 0.2) is 48.5 Å². The highest BCUT2D eigenvalue weighted by molar-refractivity contribution is 5.97. The fourth-order valence-corrected chi connectivity index (χ4v) is 2.93. The molecule has 7 heteroatoms. The van der Waals surface area contributed by atoms with Crippen molar-refractivity contribution in [3.05, 3.63) is 71.3 Å². The van der Waals surface area contributed by atoms with Crippen LogP contribution in [0.2, 0.25) is 0 Å². The summed E-state index contributed by atoms with van der Waals surface area (Å²) in [5, 5.41) is 2.67. The van der Waals surface area contributed by atoms with Gasteiger partial charge in [-0.05, 0) is 23.8 Å². The minimum Gasteiger partial charge on any atom is -0.378 e. The monoisotopic (exact) mass is 374 g/mol. The van der Waals surface area contributed by atoms with Crippen molar-refractivity contribution in [2.24, 2.45) is 0 Å². The number of ether oxygens (including phenoxy) is 1. The van der Waals surface area contributed by atoms with Crippen molar-refractivity contribution in [1.29, 1.82) is 0 Å². The van der Waals surface area contributed by atoms with Gasteiger partial charge in [0.2, 0.25) is 5.91 Å². The van der Waals surface area contributed by atoms with Crippen LogP contribution >= 0.6 is 0 Å². The number of nitrogens with zero attached hydrogens (tertiary/aromatic N) is 1. The molecule has 2 amide bonds. The van der Waals surface area contributed by atoms with E-state index in [1.807, 2.05) is 30.3 Å². The molecule has 0 spiro atoms. The molecule has 2 aromatic carbocycles. The summed E-state index contributed by atoms with van der Waals surface area (Å²) in [5.41, 5.74) is 0.844. The molecule has 1 heterocycles. The molecule has 142 valence electrons. The summed E-state index contributed by atoms with van der Waals surface area (Å²) in [6.45, 7) is 1.79. The first kappa shape index (κ1) is 19.0. The molecule has 27 heavy (non-hydrogen) atoms. The lowest BCUT2D eigenvalue weighted by Crippen LogP contribution is -2.52. The number of carbonyl (C=O) groups is 2. The predicted octanol–water partition coefficient (Wildman–Crippen LogP) is 2.16. The van der Waals surface area contributed by atoms with E-state index in [0.717, 1.165) is 17.7 Å². The van der Waals surface area contributed by atoms with Gasteiger partial charge < -0.3 is 15.0 Å². The fourth-order valence-electron chi connectivity index (χ4n) is 2.93. The highest BCUT2D eigenvalue weighted by Gasteiger charge is 2.28. The second kappa shape index (κ2) is 8.73. The molecule has 0 radical (unpaired) electrons. The number of hydrogen-bond acceptors (Lipinski definition) is 3. The molecule has 2 aromatic rings. The first-order chi connectivity index (χ1) is 13.0. The number of hydrogen-bond donors (Lipinski definition) is 1. The van der Waals surface area contributed by atoms with E-state index >= 15 is 0 Å². The molecule has 1 aliphatic rings. The average Bonchev–Trinajstić information content (AvgIpc) is 2.70. The summed E-state index contributed by atoms with van der Waals surface area (Å²) >= 11 is 0. The second-order valence-corrected chi connectivity index (χ2v) is 6.28. The van der Waals surface area contributed by atoms with Gasteiger partial charge in [0.1, 0.15) is 6.04 Å². The topological polar surface area (TPSA) is 58.6 Å². The van der Waals surface area contributed by atoms with Crippen molar-refractivity contribution in [1.82, 2.24) is 10.2 Å². The Bertz CT molecular complexity index is 808. The Morgan fingerprint density at radius 1 is 1.04 bits per heavy atom. The largest absolute Gasteiger partial charge is 0.378 e. The van der Waals surface area contributed by atoms with Gasteiger partial charge in [0, 0.05) is 25.1 Å². The van der Waals surface area contributed by atoms with Crippen molar-refractivity contribution >= 4 is 11.8 Å². The molecule has 1 atom stereocenters. The van der Waals surface area contributed by atoms with Crippen LogP contribution in [0.4, 0.5) is 8.78 Å². The van der Waals surface area contributed by atoms with Gasteiger partial charge in [-0.2, -0.15) is 0 Å². The van der Waals surface area contributed by atoms with Gasteiger partial charge in [0.25, 0.3) is 5.91 Å².